The molecule has 19 heavy (non-hydrogen) atoms. The van der Waals surface area contributed by atoms with Gasteiger partial charge in [0.1, 0.15) is 5.54 Å². The fourth-order valence-electron chi connectivity index (χ4n) is 2.94. The second-order valence-corrected chi connectivity index (χ2v) is 7.40. The summed E-state index contributed by atoms with van der Waals surface area (Å²) in [4.78, 5) is 0. The van der Waals surface area contributed by atoms with Gasteiger partial charge in [0.25, 0.3) is 0 Å². The van der Waals surface area contributed by atoms with Crippen molar-refractivity contribution in [2.45, 2.75) is 45.1 Å². The van der Waals surface area contributed by atoms with Crippen LogP contribution in [-0.2, 0) is 0 Å². The lowest BCUT2D eigenvalue weighted by Gasteiger charge is -2.41. The summed E-state index contributed by atoms with van der Waals surface area (Å²) >= 11 is 9.42. The van der Waals surface area contributed by atoms with Gasteiger partial charge in [-0.3, -0.25) is 0 Å². The van der Waals surface area contributed by atoms with Crippen LogP contribution in [0.15, 0.2) is 22.7 Å². The Bertz CT molecular complexity index is 521. The van der Waals surface area contributed by atoms with Crippen LogP contribution >= 0.6 is 27.5 Å². The smallest absolute Gasteiger partial charge is 0.125 e. The van der Waals surface area contributed by atoms with E-state index in [0.717, 1.165) is 29.4 Å². The van der Waals surface area contributed by atoms with E-state index in [4.69, 9.17) is 11.6 Å². The molecule has 1 fully saturated rings. The molecule has 1 N–H and O–H groups in total. The van der Waals surface area contributed by atoms with Gasteiger partial charge in [0, 0.05) is 10.2 Å². The van der Waals surface area contributed by atoms with Crippen molar-refractivity contribution in [1.29, 1.82) is 5.26 Å². The van der Waals surface area contributed by atoms with Crippen molar-refractivity contribution in [3.8, 4) is 6.07 Å². The zero-order chi connectivity index (χ0) is 14.1. The Morgan fingerprint density at radius 3 is 2.68 bits per heavy atom. The fraction of sp³-hybridized carbons (Fsp3) is 0.533. The van der Waals surface area contributed by atoms with Crippen LogP contribution in [0.4, 0.5) is 5.69 Å². The number of nitrogens with one attached hydrogen (secondary N) is 1. The monoisotopic (exact) mass is 340 g/mol. The van der Waals surface area contributed by atoms with Gasteiger partial charge < -0.3 is 5.32 Å². The molecule has 1 aromatic carbocycles. The molecule has 102 valence electrons. The number of nitrogens with zero attached hydrogens (tertiary/aromatic N) is 1. The largest absolute Gasteiger partial charge is 0.367 e. The predicted octanol–water partition coefficient (Wildman–Crippen LogP) is 5.38. The molecule has 1 unspecified atom stereocenters. The molecule has 1 aliphatic rings. The highest BCUT2D eigenvalue weighted by Crippen LogP contribution is 2.42. The number of halogens is 2. The lowest BCUT2D eigenvalue weighted by molar-refractivity contribution is 0.197. The number of hydrogen-bond donors (Lipinski definition) is 1. The van der Waals surface area contributed by atoms with E-state index in [1.54, 1.807) is 0 Å². The number of hydrogen-bond acceptors (Lipinski definition) is 2. The van der Waals surface area contributed by atoms with E-state index in [9.17, 15) is 5.26 Å². The molecule has 1 aromatic rings. The Kier molecular flexibility index (Phi) is 4.13. The average molecular weight is 342 g/mol. The third-order valence-electron chi connectivity index (χ3n) is 3.75. The van der Waals surface area contributed by atoms with E-state index in [2.05, 4.69) is 41.2 Å². The maximum atomic E-state index is 9.61. The summed E-state index contributed by atoms with van der Waals surface area (Å²) < 4.78 is 0.849. The molecule has 0 aliphatic heterocycles. The Morgan fingerprint density at radius 2 is 2.11 bits per heavy atom. The van der Waals surface area contributed by atoms with Crippen LogP contribution in [0.1, 0.15) is 39.5 Å². The van der Waals surface area contributed by atoms with Gasteiger partial charge in [-0.25, -0.2) is 0 Å². The van der Waals surface area contributed by atoms with E-state index in [-0.39, 0.29) is 5.41 Å². The second-order valence-electron chi connectivity index (χ2n) is 6.14. The molecule has 0 amide bonds. The Hall–Kier alpha value is -0.720. The molecular weight excluding hydrogens is 324 g/mol. The maximum absolute atomic E-state index is 9.61. The SMILES string of the molecule is CC1(C)CCCC(C#N)(Nc2ccc(Cl)c(Br)c2)C1. The van der Waals surface area contributed by atoms with Crippen LogP contribution < -0.4 is 5.32 Å². The quantitative estimate of drug-likeness (QED) is 0.784. The molecule has 0 spiro atoms. The van der Waals surface area contributed by atoms with Crippen molar-refractivity contribution in [2.75, 3.05) is 5.32 Å². The summed E-state index contributed by atoms with van der Waals surface area (Å²) in [5.41, 5.74) is 0.690. The van der Waals surface area contributed by atoms with Crippen LogP contribution in [-0.4, -0.2) is 5.54 Å². The lowest BCUT2D eigenvalue weighted by atomic mass is 9.68. The van der Waals surface area contributed by atoms with E-state index in [1.165, 1.54) is 6.42 Å². The first-order chi connectivity index (χ1) is 8.86. The summed E-state index contributed by atoms with van der Waals surface area (Å²) in [6.07, 6.45) is 4.04. The number of nitriles is 1. The minimum absolute atomic E-state index is 0.213. The first-order valence-electron chi connectivity index (χ1n) is 6.50. The van der Waals surface area contributed by atoms with Gasteiger partial charge in [-0.1, -0.05) is 25.4 Å². The highest BCUT2D eigenvalue weighted by Gasteiger charge is 2.40. The molecule has 0 bridgehead atoms. The minimum Gasteiger partial charge on any atom is -0.367 e. The molecule has 0 aromatic heterocycles. The molecule has 1 saturated carbocycles. The molecule has 0 heterocycles. The highest BCUT2D eigenvalue weighted by molar-refractivity contribution is 9.10. The molecule has 2 rings (SSSR count). The maximum Gasteiger partial charge on any atom is 0.125 e. The third-order valence-corrected chi connectivity index (χ3v) is 4.97. The van der Waals surface area contributed by atoms with Gasteiger partial charge in [0.2, 0.25) is 0 Å². The number of anilines is 1. The van der Waals surface area contributed by atoms with Gasteiger partial charge in [0.15, 0.2) is 0 Å². The van der Waals surface area contributed by atoms with Gasteiger partial charge in [-0.2, -0.15) is 5.26 Å². The van der Waals surface area contributed by atoms with E-state index in [0.29, 0.717) is 5.02 Å². The normalized spacial score (nSPS) is 25.6. The van der Waals surface area contributed by atoms with Crippen molar-refractivity contribution in [3.05, 3.63) is 27.7 Å². The lowest BCUT2D eigenvalue weighted by Crippen LogP contribution is -2.44. The third kappa shape index (κ3) is 3.43. The van der Waals surface area contributed by atoms with Crippen LogP contribution in [0.5, 0.6) is 0 Å². The molecule has 2 nitrogen and oxygen atoms in total. The standard InChI is InChI=1S/C15H18BrClN2/c1-14(2)6-3-7-15(9-14,10-18)19-11-4-5-13(17)12(16)8-11/h4-5,8,19H,3,6-7,9H2,1-2H3. The van der Waals surface area contributed by atoms with E-state index >= 15 is 0 Å². The second kappa shape index (κ2) is 5.34. The van der Waals surface area contributed by atoms with Crippen LogP contribution in [0.2, 0.25) is 5.02 Å². The van der Waals surface area contributed by atoms with Gasteiger partial charge in [-0.15, -0.1) is 0 Å². The fourth-order valence-corrected chi connectivity index (χ4v) is 3.44. The van der Waals surface area contributed by atoms with E-state index in [1.807, 2.05) is 18.2 Å². The number of rotatable bonds is 2. The first kappa shape index (κ1) is 14.7. The highest BCUT2D eigenvalue weighted by atomic mass is 79.9. The van der Waals surface area contributed by atoms with Gasteiger partial charge in [-0.05, 0) is 65.2 Å². The Labute approximate surface area is 128 Å². The summed E-state index contributed by atoms with van der Waals surface area (Å²) in [6, 6.07) is 8.19. The van der Waals surface area contributed by atoms with Crippen molar-refractivity contribution in [2.24, 2.45) is 5.41 Å². The van der Waals surface area contributed by atoms with Crippen molar-refractivity contribution < 1.29 is 0 Å². The van der Waals surface area contributed by atoms with E-state index < -0.39 is 5.54 Å². The topological polar surface area (TPSA) is 35.8 Å². The zero-order valence-electron chi connectivity index (χ0n) is 11.3. The molecule has 1 aliphatic carbocycles. The van der Waals surface area contributed by atoms with Crippen LogP contribution in [0.3, 0.4) is 0 Å². The molecule has 1 atom stereocenters. The Balaban J connectivity index is 2.23. The van der Waals surface area contributed by atoms with Crippen molar-refractivity contribution in [1.82, 2.24) is 0 Å². The Morgan fingerprint density at radius 1 is 1.37 bits per heavy atom. The molecule has 0 saturated heterocycles. The summed E-state index contributed by atoms with van der Waals surface area (Å²) in [6.45, 7) is 4.47. The van der Waals surface area contributed by atoms with Crippen molar-refractivity contribution >= 4 is 33.2 Å². The van der Waals surface area contributed by atoms with Crippen LogP contribution in [0.25, 0.3) is 0 Å². The summed E-state index contributed by atoms with van der Waals surface area (Å²) in [5.74, 6) is 0. The first-order valence-corrected chi connectivity index (χ1v) is 7.67. The van der Waals surface area contributed by atoms with Gasteiger partial charge in [0.05, 0.1) is 11.1 Å². The van der Waals surface area contributed by atoms with Gasteiger partial charge >= 0.3 is 0 Å². The summed E-state index contributed by atoms with van der Waals surface area (Å²) in [5, 5.41) is 13.7. The molecule has 0 radical (unpaired) electrons. The van der Waals surface area contributed by atoms with Crippen LogP contribution in [0, 0.1) is 16.7 Å². The minimum atomic E-state index is -0.463. The predicted molar refractivity (Wildman–Crippen MR) is 83.4 cm³/mol. The molecular formula is C15H18BrClN2. The average Bonchev–Trinajstić information content (AvgIpc) is 2.33. The number of benzene rings is 1. The zero-order valence-corrected chi connectivity index (χ0v) is 13.6. The molecule has 4 heteroatoms. The van der Waals surface area contributed by atoms with Crippen molar-refractivity contribution in [3.63, 3.8) is 0 Å². The summed E-state index contributed by atoms with van der Waals surface area (Å²) in [7, 11) is 0.